The van der Waals surface area contributed by atoms with E-state index in [9.17, 15) is 0 Å². The number of hydrogen-bond donors (Lipinski definition) is 3. The van der Waals surface area contributed by atoms with E-state index < -0.39 is 0 Å². The fourth-order valence-corrected chi connectivity index (χ4v) is 0.892. The molecule has 0 aromatic heterocycles. The van der Waals surface area contributed by atoms with Gasteiger partial charge in [-0.05, 0) is 17.7 Å². The third kappa shape index (κ3) is 2.22. The molecule has 0 radical (unpaired) electrons. The Labute approximate surface area is 66.0 Å². The van der Waals surface area contributed by atoms with Gasteiger partial charge in [0.1, 0.15) is 0 Å². The van der Waals surface area contributed by atoms with Gasteiger partial charge in [0.25, 0.3) is 0 Å². The Morgan fingerprint density at radius 2 is 2.27 bits per heavy atom. The lowest BCUT2D eigenvalue weighted by Crippen LogP contribution is -2.14. The van der Waals surface area contributed by atoms with Crippen LogP contribution in [0.2, 0.25) is 0 Å². The van der Waals surface area contributed by atoms with Crippen LogP contribution >= 0.6 is 0 Å². The highest BCUT2D eigenvalue weighted by Gasteiger charge is 1.91. The summed E-state index contributed by atoms with van der Waals surface area (Å²) in [5.74, 6) is 0. The highest BCUT2D eigenvalue weighted by atomic mass is 16.3. The first-order valence-corrected chi connectivity index (χ1v) is 3.49. The lowest BCUT2D eigenvalue weighted by molar-refractivity contribution is 0.282. The molecule has 1 rings (SSSR count). The normalized spacial score (nSPS) is 9.64. The lowest BCUT2D eigenvalue weighted by Gasteiger charge is -2.04. The summed E-state index contributed by atoms with van der Waals surface area (Å²) in [7, 11) is 1.80. The quantitative estimate of drug-likeness (QED) is 0.559. The van der Waals surface area contributed by atoms with Crippen LogP contribution in [0.4, 0.5) is 5.69 Å². The SMILES string of the molecule is CNNc1cccc(CO)c1. The van der Waals surface area contributed by atoms with Crippen LogP contribution in [0.3, 0.4) is 0 Å². The van der Waals surface area contributed by atoms with Crippen molar-refractivity contribution in [2.24, 2.45) is 0 Å². The molecule has 0 atom stereocenters. The standard InChI is InChI=1S/C8H12N2O/c1-9-10-8-4-2-3-7(5-8)6-11/h2-5,9-11H,6H2,1H3. The van der Waals surface area contributed by atoms with Crippen LogP contribution in [0.25, 0.3) is 0 Å². The van der Waals surface area contributed by atoms with Crippen molar-refractivity contribution in [3.8, 4) is 0 Å². The molecule has 0 aliphatic rings. The molecule has 1 aromatic carbocycles. The summed E-state index contributed by atoms with van der Waals surface area (Å²) in [5.41, 5.74) is 7.59. The molecule has 1 aromatic rings. The van der Waals surface area contributed by atoms with E-state index in [4.69, 9.17) is 5.11 Å². The Bertz CT molecular complexity index is 225. The van der Waals surface area contributed by atoms with E-state index in [-0.39, 0.29) is 6.61 Å². The topological polar surface area (TPSA) is 44.3 Å². The number of aliphatic hydroxyl groups is 1. The van der Waals surface area contributed by atoms with E-state index in [0.29, 0.717) is 0 Å². The van der Waals surface area contributed by atoms with Crippen LogP contribution in [0.5, 0.6) is 0 Å². The Balaban J connectivity index is 2.74. The number of hydrazine groups is 1. The van der Waals surface area contributed by atoms with Crippen molar-refractivity contribution in [1.82, 2.24) is 5.43 Å². The zero-order valence-corrected chi connectivity index (χ0v) is 6.46. The average molecular weight is 152 g/mol. The number of benzene rings is 1. The molecule has 60 valence electrons. The van der Waals surface area contributed by atoms with Crippen molar-refractivity contribution < 1.29 is 5.11 Å². The van der Waals surface area contributed by atoms with Crippen molar-refractivity contribution in [1.29, 1.82) is 0 Å². The molecule has 0 saturated carbocycles. The maximum absolute atomic E-state index is 8.78. The summed E-state index contributed by atoms with van der Waals surface area (Å²) in [6.45, 7) is 0.0826. The first-order valence-electron chi connectivity index (χ1n) is 3.49. The average Bonchev–Trinajstić information content (AvgIpc) is 2.06. The molecule has 3 heteroatoms. The number of anilines is 1. The van der Waals surface area contributed by atoms with Gasteiger partial charge < -0.3 is 10.5 Å². The minimum absolute atomic E-state index is 0.0826. The van der Waals surface area contributed by atoms with Crippen LogP contribution in [0.15, 0.2) is 24.3 Å². The maximum atomic E-state index is 8.78. The molecule has 0 unspecified atom stereocenters. The molecule has 0 amide bonds. The van der Waals surface area contributed by atoms with Crippen LogP contribution in [0.1, 0.15) is 5.56 Å². The number of aliphatic hydroxyl groups excluding tert-OH is 1. The summed E-state index contributed by atoms with van der Waals surface area (Å²) in [5, 5.41) is 8.78. The third-order valence-corrected chi connectivity index (χ3v) is 1.38. The van der Waals surface area contributed by atoms with Gasteiger partial charge in [0, 0.05) is 12.7 Å². The Morgan fingerprint density at radius 3 is 2.91 bits per heavy atom. The predicted octanol–water partition coefficient (Wildman–Crippen LogP) is 0.725. The molecule has 0 aliphatic carbocycles. The molecule has 0 fully saturated rings. The predicted molar refractivity (Wildman–Crippen MR) is 45.0 cm³/mol. The lowest BCUT2D eigenvalue weighted by atomic mass is 10.2. The molecule has 0 bridgehead atoms. The Kier molecular flexibility index (Phi) is 2.89. The van der Waals surface area contributed by atoms with Gasteiger partial charge in [-0.1, -0.05) is 12.1 Å². The fourth-order valence-electron chi connectivity index (χ4n) is 0.892. The van der Waals surface area contributed by atoms with E-state index in [1.165, 1.54) is 0 Å². The summed E-state index contributed by atoms with van der Waals surface area (Å²) in [6, 6.07) is 7.58. The number of nitrogens with one attached hydrogen (secondary N) is 2. The largest absolute Gasteiger partial charge is 0.392 e. The van der Waals surface area contributed by atoms with E-state index in [0.717, 1.165) is 11.3 Å². The molecule has 0 heterocycles. The van der Waals surface area contributed by atoms with Crippen molar-refractivity contribution in [2.45, 2.75) is 6.61 Å². The van der Waals surface area contributed by atoms with Gasteiger partial charge in [0.05, 0.1) is 6.61 Å². The second-order valence-electron chi connectivity index (χ2n) is 2.23. The Hall–Kier alpha value is -1.06. The van der Waals surface area contributed by atoms with Crippen molar-refractivity contribution >= 4 is 5.69 Å². The summed E-state index contributed by atoms with van der Waals surface area (Å²) in [4.78, 5) is 0. The first-order chi connectivity index (χ1) is 5.36. The minimum atomic E-state index is 0.0826. The molecule has 3 N–H and O–H groups in total. The van der Waals surface area contributed by atoms with Crippen LogP contribution in [-0.2, 0) is 6.61 Å². The van der Waals surface area contributed by atoms with E-state index in [1.807, 2.05) is 24.3 Å². The van der Waals surface area contributed by atoms with E-state index in [2.05, 4.69) is 10.9 Å². The summed E-state index contributed by atoms with van der Waals surface area (Å²) in [6.07, 6.45) is 0. The van der Waals surface area contributed by atoms with Gasteiger partial charge in [-0.15, -0.1) is 0 Å². The van der Waals surface area contributed by atoms with Crippen LogP contribution in [0, 0.1) is 0 Å². The zero-order chi connectivity index (χ0) is 8.10. The monoisotopic (exact) mass is 152 g/mol. The summed E-state index contributed by atoms with van der Waals surface area (Å²) >= 11 is 0. The molecule has 0 spiro atoms. The zero-order valence-electron chi connectivity index (χ0n) is 6.46. The molecule has 11 heavy (non-hydrogen) atoms. The van der Waals surface area contributed by atoms with Gasteiger partial charge in [-0.3, -0.25) is 0 Å². The second-order valence-corrected chi connectivity index (χ2v) is 2.23. The first kappa shape index (κ1) is 8.04. The highest BCUT2D eigenvalue weighted by molar-refractivity contribution is 5.44. The number of hydrogen-bond acceptors (Lipinski definition) is 3. The van der Waals surface area contributed by atoms with E-state index >= 15 is 0 Å². The van der Waals surface area contributed by atoms with Crippen molar-refractivity contribution in [3.63, 3.8) is 0 Å². The van der Waals surface area contributed by atoms with Gasteiger partial charge in [0.2, 0.25) is 0 Å². The maximum Gasteiger partial charge on any atom is 0.0682 e. The van der Waals surface area contributed by atoms with Crippen LogP contribution in [-0.4, -0.2) is 12.2 Å². The van der Waals surface area contributed by atoms with Gasteiger partial charge >= 0.3 is 0 Å². The molecular formula is C8H12N2O. The summed E-state index contributed by atoms with van der Waals surface area (Å²) < 4.78 is 0. The molecule has 0 saturated heterocycles. The molecular weight excluding hydrogens is 140 g/mol. The van der Waals surface area contributed by atoms with E-state index in [1.54, 1.807) is 7.05 Å². The van der Waals surface area contributed by atoms with Gasteiger partial charge in [-0.2, -0.15) is 0 Å². The molecule has 3 nitrogen and oxygen atoms in total. The van der Waals surface area contributed by atoms with Crippen molar-refractivity contribution in [3.05, 3.63) is 29.8 Å². The highest BCUT2D eigenvalue weighted by Crippen LogP contribution is 2.08. The van der Waals surface area contributed by atoms with Gasteiger partial charge in [0.15, 0.2) is 0 Å². The second kappa shape index (κ2) is 3.95. The Morgan fingerprint density at radius 1 is 1.45 bits per heavy atom. The smallest absolute Gasteiger partial charge is 0.0682 e. The van der Waals surface area contributed by atoms with Crippen molar-refractivity contribution in [2.75, 3.05) is 12.5 Å². The fraction of sp³-hybridized carbons (Fsp3) is 0.250. The molecule has 0 aliphatic heterocycles. The third-order valence-electron chi connectivity index (χ3n) is 1.38. The van der Waals surface area contributed by atoms with Crippen LogP contribution < -0.4 is 10.9 Å². The van der Waals surface area contributed by atoms with Gasteiger partial charge in [-0.25, -0.2) is 5.43 Å². The minimum Gasteiger partial charge on any atom is -0.392 e. The number of rotatable bonds is 3.